The van der Waals surface area contributed by atoms with E-state index in [1.807, 2.05) is 12.1 Å². The van der Waals surface area contributed by atoms with Crippen LogP contribution in [-0.4, -0.2) is 9.97 Å². The summed E-state index contributed by atoms with van der Waals surface area (Å²) in [5.74, 6) is 6.69. The fourth-order valence-corrected chi connectivity index (χ4v) is 1.87. The molecular formula is C14H11ClN2. The van der Waals surface area contributed by atoms with Gasteiger partial charge in [0, 0.05) is 17.8 Å². The number of aromatic amines is 1. The summed E-state index contributed by atoms with van der Waals surface area (Å²) < 4.78 is 0. The third-order valence-corrected chi connectivity index (χ3v) is 3.09. The summed E-state index contributed by atoms with van der Waals surface area (Å²) in [6.07, 6.45) is 4.29. The van der Waals surface area contributed by atoms with Crippen molar-refractivity contribution in [1.82, 2.24) is 9.97 Å². The molecule has 1 N–H and O–H groups in total. The molecule has 2 nitrogen and oxygen atoms in total. The number of H-pyrrole nitrogens is 1. The largest absolute Gasteiger partial charge is 0.354 e. The Morgan fingerprint density at radius 1 is 1.24 bits per heavy atom. The standard InChI is InChI=1S/C14H11ClN2/c15-12-8-9-16-14(12)7-6-11-2-1-3-13(17-11)10-4-5-10/h1-3,8-10,16H,4-5H2. The van der Waals surface area contributed by atoms with E-state index in [1.165, 1.54) is 12.8 Å². The zero-order chi connectivity index (χ0) is 11.7. The second kappa shape index (κ2) is 4.27. The normalized spacial score (nSPS) is 14.2. The Balaban J connectivity index is 1.88. The van der Waals surface area contributed by atoms with E-state index in [1.54, 1.807) is 12.3 Å². The average molecular weight is 243 g/mol. The van der Waals surface area contributed by atoms with Crippen molar-refractivity contribution in [2.45, 2.75) is 18.8 Å². The van der Waals surface area contributed by atoms with Gasteiger partial charge in [-0.05, 0) is 42.9 Å². The summed E-state index contributed by atoms with van der Waals surface area (Å²) in [5, 5.41) is 0.649. The van der Waals surface area contributed by atoms with Crippen molar-refractivity contribution < 1.29 is 0 Å². The van der Waals surface area contributed by atoms with Gasteiger partial charge in [0.25, 0.3) is 0 Å². The smallest absolute Gasteiger partial charge is 0.113 e. The molecule has 2 heterocycles. The number of aromatic nitrogens is 2. The third kappa shape index (κ3) is 2.35. The highest BCUT2D eigenvalue weighted by atomic mass is 35.5. The molecule has 0 spiro atoms. The summed E-state index contributed by atoms with van der Waals surface area (Å²) in [5.41, 5.74) is 2.71. The van der Waals surface area contributed by atoms with Crippen molar-refractivity contribution >= 4 is 11.6 Å². The Labute approximate surface area is 105 Å². The van der Waals surface area contributed by atoms with Gasteiger partial charge in [0.2, 0.25) is 0 Å². The van der Waals surface area contributed by atoms with Crippen LogP contribution in [0.25, 0.3) is 0 Å². The molecule has 3 rings (SSSR count). The molecule has 1 aliphatic carbocycles. The van der Waals surface area contributed by atoms with Crippen LogP contribution in [0.3, 0.4) is 0 Å². The van der Waals surface area contributed by atoms with Gasteiger partial charge in [0.15, 0.2) is 0 Å². The molecule has 2 aromatic rings. The summed E-state index contributed by atoms with van der Waals surface area (Å²) >= 11 is 5.94. The minimum absolute atomic E-state index is 0.649. The first-order chi connectivity index (χ1) is 8.33. The number of pyridine rings is 1. The summed E-state index contributed by atoms with van der Waals surface area (Å²) in [6, 6.07) is 7.81. The first-order valence-electron chi connectivity index (χ1n) is 5.65. The van der Waals surface area contributed by atoms with Gasteiger partial charge in [-0.25, -0.2) is 4.98 Å². The minimum Gasteiger partial charge on any atom is -0.354 e. The maximum Gasteiger partial charge on any atom is 0.113 e. The van der Waals surface area contributed by atoms with Gasteiger partial charge >= 0.3 is 0 Å². The predicted octanol–water partition coefficient (Wildman–Crippen LogP) is 3.34. The predicted molar refractivity (Wildman–Crippen MR) is 68.0 cm³/mol. The maximum atomic E-state index is 5.94. The van der Waals surface area contributed by atoms with Crippen LogP contribution in [0.15, 0.2) is 30.5 Å². The monoisotopic (exact) mass is 242 g/mol. The number of halogens is 1. The van der Waals surface area contributed by atoms with Gasteiger partial charge in [0.05, 0.1) is 5.02 Å². The van der Waals surface area contributed by atoms with E-state index in [0.717, 1.165) is 17.1 Å². The van der Waals surface area contributed by atoms with Crippen molar-refractivity contribution in [2.24, 2.45) is 0 Å². The Morgan fingerprint density at radius 2 is 2.12 bits per heavy atom. The van der Waals surface area contributed by atoms with Crippen molar-refractivity contribution in [3.05, 3.63) is 52.6 Å². The topological polar surface area (TPSA) is 28.7 Å². The van der Waals surface area contributed by atoms with E-state index in [0.29, 0.717) is 10.9 Å². The lowest BCUT2D eigenvalue weighted by molar-refractivity contribution is 1.01. The molecule has 17 heavy (non-hydrogen) atoms. The van der Waals surface area contributed by atoms with Crippen LogP contribution in [-0.2, 0) is 0 Å². The molecule has 1 fully saturated rings. The van der Waals surface area contributed by atoms with E-state index in [-0.39, 0.29) is 0 Å². The number of hydrogen-bond donors (Lipinski definition) is 1. The Hall–Kier alpha value is -1.72. The number of rotatable bonds is 1. The number of hydrogen-bond acceptors (Lipinski definition) is 1. The van der Waals surface area contributed by atoms with Crippen LogP contribution < -0.4 is 0 Å². The number of nitrogens with zero attached hydrogens (tertiary/aromatic N) is 1. The maximum absolute atomic E-state index is 5.94. The second-order valence-corrected chi connectivity index (χ2v) is 4.58. The molecule has 1 aliphatic rings. The van der Waals surface area contributed by atoms with E-state index in [4.69, 9.17) is 11.6 Å². The van der Waals surface area contributed by atoms with Gasteiger partial charge in [-0.15, -0.1) is 0 Å². The highest BCUT2D eigenvalue weighted by Crippen LogP contribution is 2.38. The minimum atomic E-state index is 0.649. The van der Waals surface area contributed by atoms with E-state index in [9.17, 15) is 0 Å². The second-order valence-electron chi connectivity index (χ2n) is 4.17. The first-order valence-corrected chi connectivity index (χ1v) is 6.02. The van der Waals surface area contributed by atoms with Crippen molar-refractivity contribution in [3.8, 4) is 11.8 Å². The molecule has 0 radical (unpaired) electrons. The van der Waals surface area contributed by atoms with Crippen molar-refractivity contribution in [1.29, 1.82) is 0 Å². The highest BCUT2D eigenvalue weighted by Gasteiger charge is 2.24. The van der Waals surface area contributed by atoms with Crippen LogP contribution >= 0.6 is 11.6 Å². The number of nitrogens with one attached hydrogen (secondary N) is 1. The molecule has 3 heteroatoms. The van der Waals surface area contributed by atoms with Gasteiger partial charge in [0.1, 0.15) is 11.4 Å². The zero-order valence-electron chi connectivity index (χ0n) is 9.20. The molecule has 1 saturated carbocycles. The van der Waals surface area contributed by atoms with Crippen molar-refractivity contribution in [2.75, 3.05) is 0 Å². The Morgan fingerprint density at radius 3 is 2.82 bits per heavy atom. The van der Waals surface area contributed by atoms with Crippen LogP contribution in [0.5, 0.6) is 0 Å². The first kappa shape index (κ1) is 10.4. The average Bonchev–Trinajstić information content (AvgIpc) is 3.12. The Bertz CT molecular complexity index is 600. The van der Waals surface area contributed by atoms with E-state index in [2.05, 4.69) is 27.9 Å². The quantitative estimate of drug-likeness (QED) is 0.764. The molecule has 0 saturated heterocycles. The van der Waals surface area contributed by atoms with Gasteiger partial charge < -0.3 is 4.98 Å². The lowest BCUT2D eigenvalue weighted by atomic mass is 10.2. The van der Waals surface area contributed by atoms with Crippen LogP contribution in [0.1, 0.15) is 35.8 Å². The van der Waals surface area contributed by atoms with E-state index >= 15 is 0 Å². The van der Waals surface area contributed by atoms with Gasteiger partial charge in [-0.1, -0.05) is 17.7 Å². The molecule has 0 aromatic carbocycles. The van der Waals surface area contributed by atoms with Crippen molar-refractivity contribution in [3.63, 3.8) is 0 Å². The van der Waals surface area contributed by atoms with Crippen LogP contribution in [0, 0.1) is 11.8 Å². The molecule has 2 aromatic heterocycles. The Kier molecular flexibility index (Phi) is 2.62. The fourth-order valence-electron chi connectivity index (χ4n) is 1.70. The SMILES string of the molecule is Clc1cc[nH]c1C#Cc1cccc(C2CC2)n1. The molecule has 0 unspecified atom stereocenters. The summed E-state index contributed by atoms with van der Waals surface area (Å²) in [6.45, 7) is 0. The molecular weight excluding hydrogens is 232 g/mol. The van der Waals surface area contributed by atoms with Gasteiger partial charge in [-0.3, -0.25) is 0 Å². The lowest BCUT2D eigenvalue weighted by Gasteiger charge is -1.96. The summed E-state index contributed by atoms with van der Waals surface area (Å²) in [4.78, 5) is 7.53. The lowest BCUT2D eigenvalue weighted by Crippen LogP contribution is -1.89. The fraction of sp³-hybridized carbons (Fsp3) is 0.214. The van der Waals surface area contributed by atoms with Crippen LogP contribution in [0.2, 0.25) is 5.02 Å². The molecule has 84 valence electrons. The van der Waals surface area contributed by atoms with E-state index < -0.39 is 0 Å². The molecule has 0 aliphatic heterocycles. The molecule has 0 atom stereocenters. The van der Waals surface area contributed by atoms with Crippen LogP contribution in [0.4, 0.5) is 0 Å². The molecule has 0 amide bonds. The highest BCUT2D eigenvalue weighted by molar-refractivity contribution is 6.31. The third-order valence-electron chi connectivity index (χ3n) is 2.78. The summed E-state index contributed by atoms with van der Waals surface area (Å²) in [7, 11) is 0. The molecule has 0 bridgehead atoms. The van der Waals surface area contributed by atoms with Gasteiger partial charge in [-0.2, -0.15) is 0 Å². The zero-order valence-corrected chi connectivity index (χ0v) is 9.96.